The number of nitrogens with one attached hydrogen (secondary N) is 1. The van der Waals surface area contributed by atoms with Crippen LogP contribution in [0, 0.1) is 5.92 Å². The van der Waals surface area contributed by atoms with Crippen molar-refractivity contribution in [2.24, 2.45) is 5.92 Å². The predicted molar refractivity (Wildman–Crippen MR) is 97.9 cm³/mol. The summed E-state index contributed by atoms with van der Waals surface area (Å²) >= 11 is 0. The van der Waals surface area contributed by atoms with Crippen LogP contribution in [0.25, 0.3) is 0 Å². The summed E-state index contributed by atoms with van der Waals surface area (Å²) in [7, 11) is 0. The summed E-state index contributed by atoms with van der Waals surface area (Å²) in [5.74, 6) is 0.598. The SMILES string of the molecule is CC1CN(Cc2ccccn2)CCC1Nc1cnn(C(C)(C)C)c1. The maximum Gasteiger partial charge on any atom is 0.0729 e. The highest BCUT2D eigenvalue weighted by atomic mass is 15.3. The minimum atomic E-state index is 0.0254. The molecule has 1 fully saturated rings. The van der Waals surface area contributed by atoms with Gasteiger partial charge in [-0.1, -0.05) is 13.0 Å². The third kappa shape index (κ3) is 4.15. The molecule has 1 N–H and O–H groups in total. The molecular weight excluding hydrogens is 298 g/mol. The first-order chi connectivity index (χ1) is 11.4. The molecule has 3 rings (SSSR count). The van der Waals surface area contributed by atoms with Crippen molar-refractivity contribution in [2.45, 2.75) is 52.2 Å². The number of aromatic nitrogens is 3. The first kappa shape index (κ1) is 17.0. The fourth-order valence-corrected chi connectivity index (χ4v) is 3.29. The van der Waals surface area contributed by atoms with Gasteiger partial charge >= 0.3 is 0 Å². The number of hydrogen-bond donors (Lipinski definition) is 1. The first-order valence-electron chi connectivity index (χ1n) is 8.86. The monoisotopic (exact) mass is 327 g/mol. The van der Waals surface area contributed by atoms with E-state index in [-0.39, 0.29) is 5.54 Å². The molecule has 1 aliphatic rings. The molecule has 0 saturated carbocycles. The molecule has 2 aromatic rings. The predicted octanol–water partition coefficient (Wildman–Crippen LogP) is 3.36. The molecule has 5 heteroatoms. The molecule has 2 atom stereocenters. The van der Waals surface area contributed by atoms with E-state index in [4.69, 9.17) is 0 Å². The van der Waals surface area contributed by atoms with Gasteiger partial charge in [-0.25, -0.2) is 0 Å². The second-order valence-corrected chi connectivity index (χ2v) is 7.92. The molecule has 24 heavy (non-hydrogen) atoms. The Balaban J connectivity index is 1.55. The normalized spacial score (nSPS) is 22.5. The number of rotatable bonds is 4. The average Bonchev–Trinajstić information content (AvgIpc) is 3.00. The molecule has 1 aliphatic heterocycles. The summed E-state index contributed by atoms with van der Waals surface area (Å²) in [5.41, 5.74) is 2.31. The fourth-order valence-electron chi connectivity index (χ4n) is 3.29. The molecule has 2 aromatic heterocycles. The zero-order chi connectivity index (χ0) is 17.2. The molecule has 1 saturated heterocycles. The van der Waals surface area contributed by atoms with Crippen LogP contribution in [0.15, 0.2) is 36.8 Å². The van der Waals surface area contributed by atoms with E-state index < -0.39 is 0 Å². The van der Waals surface area contributed by atoms with Gasteiger partial charge in [0.25, 0.3) is 0 Å². The summed E-state index contributed by atoms with van der Waals surface area (Å²) in [6.45, 7) is 12.0. The Morgan fingerprint density at radius 3 is 2.75 bits per heavy atom. The summed E-state index contributed by atoms with van der Waals surface area (Å²) in [6, 6.07) is 6.64. The van der Waals surface area contributed by atoms with Gasteiger partial charge in [0.15, 0.2) is 0 Å². The van der Waals surface area contributed by atoms with E-state index in [0.717, 1.165) is 37.4 Å². The van der Waals surface area contributed by atoms with Crippen molar-refractivity contribution in [1.29, 1.82) is 0 Å². The zero-order valence-corrected chi connectivity index (χ0v) is 15.2. The molecule has 0 aliphatic carbocycles. The van der Waals surface area contributed by atoms with Gasteiger partial charge in [-0.15, -0.1) is 0 Å². The van der Waals surface area contributed by atoms with Crippen LogP contribution in [0.1, 0.15) is 39.8 Å². The second kappa shape index (κ2) is 6.93. The Morgan fingerprint density at radius 2 is 2.12 bits per heavy atom. The van der Waals surface area contributed by atoms with Crippen LogP contribution >= 0.6 is 0 Å². The van der Waals surface area contributed by atoms with Gasteiger partial charge in [-0.05, 0) is 45.2 Å². The van der Waals surface area contributed by atoms with Crippen LogP contribution in [0.5, 0.6) is 0 Å². The van der Waals surface area contributed by atoms with Crippen LogP contribution < -0.4 is 5.32 Å². The largest absolute Gasteiger partial charge is 0.379 e. The lowest BCUT2D eigenvalue weighted by Crippen LogP contribution is -2.44. The van der Waals surface area contributed by atoms with Crippen LogP contribution in [0.4, 0.5) is 5.69 Å². The molecule has 0 bridgehead atoms. The fraction of sp³-hybridized carbons (Fsp3) is 0.579. The van der Waals surface area contributed by atoms with E-state index in [1.807, 2.05) is 23.1 Å². The van der Waals surface area contributed by atoms with Crippen molar-refractivity contribution in [2.75, 3.05) is 18.4 Å². The number of anilines is 1. The van der Waals surface area contributed by atoms with Crippen molar-refractivity contribution < 1.29 is 0 Å². The summed E-state index contributed by atoms with van der Waals surface area (Å²) in [6.07, 6.45) is 7.08. The molecule has 3 heterocycles. The quantitative estimate of drug-likeness (QED) is 0.935. The molecular formula is C19H29N5. The maximum atomic E-state index is 4.48. The Labute approximate surface area is 145 Å². The van der Waals surface area contributed by atoms with Gasteiger partial charge in [0.2, 0.25) is 0 Å². The van der Waals surface area contributed by atoms with Gasteiger partial charge in [-0.2, -0.15) is 5.10 Å². The number of piperidine rings is 1. The van der Waals surface area contributed by atoms with E-state index >= 15 is 0 Å². The van der Waals surface area contributed by atoms with E-state index in [2.05, 4.69) is 66.3 Å². The lowest BCUT2D eigenvalue weighted by molar-refractivity contribution is 0.163. The first-order valence-corrected chi connectivity index (χ1v) is 8.86. The van der Waals surface area contributed by atoms with Gasteiger partial charge in [0, 0.05) is 38.1 Å². The Bertz CT molecular complexity index is 643. The summed E-state index contributed by atoms with van der Waals surface area (Å²) in [5, 5.41) is 8.17. The van der Waals surface area contributed by atoms with E-state index in [1.54, 1.807) is 0 Å². The highest BCUT2D eigenvalue weighted by Gasteiger charge is 2.26. The second-order valence-electron chi connectivity index (χ2n) is 7.92. The number of likely N-dealkylation sites (tertiary alicyclic amines) is 1. The van der Waals surface area contributed by atoms with Crippen molar-refractivity contribution in [3.63, 3.8) is 0 Å². The lowest BCUT2D eigenvalue weighted by atomic mass is 9.93. The molecule has 0 radical (unpaired) electrons. The molecule has 5 nitrogen and oxygen atoms in total. The minimum absolute atomic E-state index is 0.0254. The van der Waals surface area contributed by atoms with Crippen LogP contribution in [-0.4, -0.2) is 38.8 Å². The Morgan fingerprint density at radius 1 is 1.29 bits per heavy atom. The number of pyridine rings is 1. The molecule has 0 spiro atoms. The van der Waals surface area contributed by atoms with Crippen LogP contribution in [0.3, 0.4) is 0 Å². The average molecular weight is 327 g/mol. The Kier molecular flexibility index (Phi) is 4.90. The Hall–Kier alpha value is -1.88. The third-order valence-electron chi connectivity index (χ3n) is 4.72. The maximum absolute atomic E-state index is 4.48. The van der Waals surface area contributed by atoms with Gasteiger partial charge in [-0.3, -0.25) is 14.6 Å². The summed E-state index contributed by atoms with van der Waals surface area (Å²) in [4.78, 5) is 6.95. The van der Waals surface area contributed by atoms with Gasteiger partial charge in [0.05, 0.1) is 23.1 Å². The van der Waals surface area contributed by atoms with Crippen molar-refractivity contribution >= 4 is 5.69 Å². The van der Waals surface area contributed by atoms with E-state index in [1.165, 1.54) is 0 Å². The lowest BCUT2D eigenvalue weighted by Gasteiger charge is -2.37. The summed E-state index contributed by atoms with van der Waals surface area (Å²) < 4.78 is 2.02. The molecule has 2 unspecified atom stereocenters. The van der Waals surface area contributed by atoms with Crippen molar-refractivity contribution in [3.05, 3.63) is 42.5 Å². The molecule has 130 valence electrons. The highest BCUT2D eigenvalue weighted by Crippen LogP contribution is 2.23. The van der Waals surface area contributed by atoms with Crippen molar-refractivity contribution in [3.8, 4) is 0 Å². The van der Waals surface area contributed by atoms with E-state index in [9.17, 15) is 0 Å². The smallest absolute Gasteiger partial charge is 0.0729 e. The van der Waals surface area contributed by atoms with Gasteiger partial charge < -0.3 is 5.32 Å². The van der Waals surface area contributed by atoms with E-state index in [0.29, 0.717) is 12.0 Å². The van der Waals surface area contributed by atoms with Gasteiger partial charge in [0.1, 0.15) is 0 Å². The third-order valence-corrected chi connectivity index (χ3v) is 4.72. The minimum Gasteiger partial charge on any atom is -0.379 e. The number of hydrogen-bond acceptors (Lipinski definition) is 4. The van der Waals surface area contributed by atoms with Crippen LogP contribution in [-0.2, 0) is 12.1 Å². The van der Waals surface area contributed by atoms with Crippen LogP contribution in [0.2, 0.25) is 0 Å². The van der Waals surface area contributed by atoms with Crippen molar-refractivity contribution in [1.82, 2.24) is 19.7 Å². The molecule has 0 aromatic carbocycles. The standard InChI is InChI=1S/C19H29N5/c1-15-12-23(13-16-7-5-6-9-20-16)10-8-18(15)22-17-11-21-24(14-17)19(2,3)4/h5-7,9,11,14-15,18,22H,8,10,12-13H2,1-4H3. The topological polar surface area (TPSA) is 46.0 Å². The molecule has 0 amide bonds. The zero-order valence-electron chi connectivity index (χ0n) is 15.2. The number of nitrogens with zero attached hydrogens (tertiary/aromatic N) is 4. The highest BCUT2D eigenvalue weighted by molar-refractivity contribution is 5.40.